The van der Waals surface area contributed by atoms with Crippen LogP contribution in [0.5, 0.6) is 0 Å². The highest BCUT2D eigenvalue weighted by atomic mass is 16.4. The number of carboxylic acids is 1. The molecule has 3 heteroatoms. The predicted molar refractivity (Wildman–Crippen MR) is 60.9 cm³/mol. The summed E-state index contributed by atoms with van der Waals surface area (Å²) in [6.45, 7) is 8.11. The fourth-order valence-electron chi connectivity index (χ4n) is 2.84. The highest BCUT2D eigenvalue weighted by Gasteiger charge is 2.43. The molecule has 1 aliphatic rings. The summed E-state index contributed by atoms with van der Waals surface area (Å²) in [5.74, 6) is -0.689. The SMILES string of the molecule is CCC(C)(C(=O)O)N1C(C)CCCC1C. The molecule has 0 bridgehead atoms. The number of hydrogen-bond donors (Lipinski definition) is 1. The van der Waals surface area contributed by atoms with Crippen LogP contribution in [0.3, 0.4) is 0 Å². The second-order valence-electron chi connectivity index (χ2n) is 4.97. The fraction of sp³-hybridized carbons (Fsp3) is 0.917. The van der Waals surface area contributed by atoms with E-state index in [4.69, 9.17) is 0 Å². The lowest BCUT2D eigenvalue weighted by Crippen LogP contribution is -2.60. The summed E-state index contributed by atoms with van der Waals surface area (Å²) >= 11 is 0. The lowest BCUT2D eigenvalue weighted by molar-refractivity contribution is -0.156. The molecule has 0 aromatic carbocycles. The Bertz CT molecular complexity index is 232. The molecule has 1 heterocycles. The summed E-state index contributed by atoms with van der Waals surface area (Å²) in [5, 5.41) is 9.38. The zero-order chi connectivity index (χ0) is 11.6. The van der Waals surface area contributed by atoms with Gasteiger partial charge in [0.2, 0.25) is 0 Å². The molecule has 15 heavy (non-hydrogen) atoms. The summed E-state index contributed by atoms with van der Waals surface area (Å²) in [4.78, 5) is 13.6. The summed E-state index contributed by atoms with van der Waals surface area (Å²) in [6, 6.07) is 0.768. The molecule has 0 spiro atoms. The molecule has 0 saturated carbocycles. The van der Waals surface area contributed by atoms with Crippen molar-refractivity contribution in [3.63, 3.8) is 0 Å². The Morgan fingerprint density at radius 1 is 1.40 bits per heavy atom. The highest BCUT2D eigenvalue weighted by Crippen LogP contribution is 2.32. The number of carbonyl (C=O) groups is 1. The second-order valence-corrected chi connectivity index (χ2v) is 4.97. The molecule has 3 atom stereocenters. The summed E-state index contributed by atoms with van der Waals surface area (Å²) in [6.07, 6.45) is 4.12. The van der Waals surface area contributed by atoms with Gasteiger partial charge in [-0.2, -0.15) is 0 Å². The Morgan fingerprint density at radius 2 is 1.87 bits per heavy atom. The van der Waals surface area contributed by atoms with Gasteiger partial charge in [-0.3, -0.25) is 9.69 Å². The molecule has 0 aliphatic carbocycles. The van der Waals surface area contributed by atoms with Crippen molar-refractivity contribution in [2.24, 2.45) is 0 Å². The molecule has 3 unspecified atom stereocenters. The first-order valence-electron chi connectivity index (χ1n) is 5.95. The minimum atomic E-state index is -0.695. The Labute approximate surface area is 92.5 Å². The molecule has 88 valence electrons. The normalized spacial score (nSPS) is 32.3. The second kappa shape index (κ2) is 4.52. The van der Waals surface area contributed by atoms with Gasteiger partial charge >= 0.3 is 5.97 Å². The van der Waals surface area contributed by atoms with Gasteiger partial charge in [-0.15, -0.1) is 0 Å². The van der Waals surface area contributed by atoms with Crippen molar-refractivity contribution >= 4 is 5.97 Å². The van der Waals surface area contributed by atoms with Gasteiger partial charge in [0, 0.05) is 12.1 Å². The van der Waals surface area contributed by atoms with Crippen LogP contribution in [0.2, 0.25) is 0 Å². The highest BCUT2D eigenvalue weighted by molar-refractivity contribution is 5.78. The van der Waals surface area contributed by atoms with Crippen molar-refractivity contribution in [3.8, 4) is 0 Å². The number of carboxylic acid groups (broad SMARTS) is 1. The molecule has 0 amide bonds. The van der Waals surface area contributed by atoms with Crippen LogP contribution in [0.4, 0.5) is 0 Å². The molecule has 1 fully saturated rings. The molecule has 1 saturated heterocycles. The molecule has 1 aliphatic heterocycles. The van der Waals surface area contributed by atoms with Crippen LogP contribution in [0.25, 0.3) is 0 Å². The molecule has 3 nitrogen and oxygen atoms in total. The van der Waals surface area contributed by atoms with Crippen LogP contribution in [0.1, 0.15) is 53.4 Å². The summed E-state index contributed by atoms with van der Waals surface area (Å²) in [5.41, 5.74) is -0.695. The van der Waals surface area contributed by atoms with Crippen molar-refractivity contribution in [2.45, 2.75) is 71.0 Å². The van der Waals surface area contributed by atoms with E-state index in [1.54, 1.807) is 0 Å². The van der Waals surface area contributed by atoms with Crippen molar-refractivity contribution in [1.29, 1.82) is 0 Å². The fourth-order valence-corrected chi connectivity index (χ4v) is 2.84. The summed E-state index contributed by atoms with van der Waals surface area (Å²) in [7, 11) is 0. The Kier molecular flexibility index (Phi) is 3.77. The van der Waals surface area contributed by atoms with Crippen LogP contribution >= 0.6 is 0 Å². The van der Waals surface area contributed by atoms with Crippen molar-refractivity contribution < 1.29 is 9.90 Å². The summed E-state index contributed by atoms with van der Waals surface area (Å²) < 4.78 is 0. The van der Waals surface area contributed by atoms with Crippen molar-refractivity contribution in [1.82, 2.24) is 4.90 Å². The molecular weight excluding hydrogens is 190 g/mol. The van der Waals surface area contributed by atoms with Gasteiger partial charge in [0.1, 0.15) is 5.54 Å². The van der Waals surface area contributed by atoms with Gasteiger partial charge in [-0.25, -0.2) is 0 Å². The van der Waals surface area contributed by atoms with E-state index < -0.39 is 11.5 Å². The van der Waals surface area contributed by atoms with Gasteiger partial charge in [-0.1, -0.05) is 13.3 Å². The molecule has 0 aromatic rings. The lowest BCUT2D eigenvalue weighted by Gasteiger charge is -2.48. The first-order valence-corrected chi connectivity index (χ1v) is 5.95. The van der Waals surface area contributed by atoms with Gasteiger partial charge in [-0.05, 0) is 40.0 Å². The van der Waals surface area contributed by atoms with Gasteiger partial charge in [0.05, 0.1) is 0 Å². The molecule has 0 radical (unpaired) electrons. The standard InChI is InChI=1S/C12H23NO2/c1-5-12(4,11(14)15)13-9(2)7-6-8-10(13)3/h9-10H,5-8H2,1-4H3,(H,14,15). The maximum absolute atomic E-state index is 11.4. The average molecular weight is 213 g/mol. The van der Waals surface area contributed by atoms with E-state index in [1.165, 1.54) is 6.42 Å². The van der Waals surface area contributed by atoms with E-state index in [-0.39, 0.29) is 0 Å². The van der Waals surface area contributed by atoms with E-state index >= 15 is 0 Å². The van der Waals surface area contributed by atoms with E-state index in [0.29, 0.717) is 18.5 Å². The zero-order valence-electron chi connectivity index (χ0n) is 10.3. The third-order valence-electron chi connectivity index (χ3n) is 3.91. The number of hydrogen-bond acceptors (Lipinski definition) is 2. The first-order chi connectivity index (χ1) is 6.93. The van der Waals surface area contributed by atoms with Crippen molar-refractivity contribution in [3.05, 3.63) is 0 Å². The first kappa shape index (κ1) is 12.5. The number of nitrogens with zero attached hydrogens (tertiary/aromatic N) is 1. The minimum Gasteiger partial charge on any atom is -0.480 e. The Hall–Kier alpha value is -0.570. The van der Waals surface area contributed by atoms with E-state index in [9.17, 15) is 9.90 Å². The quantitative estimate of drug-likeness (QED) is 0.783. The van der Waals surface area contributed by atoms with Crippen LogP contribution in [-0.2, 0) is 4.79 Å². The number of aliphatic carboxylic acids is 1. The van der Waals surface area contributed by atoms with Crippen molar-refractivity contribution in [2.75, 3.05) is 0 Å². The van der Waals surface area contributed by atoms with Crippen LogP contribution in [0.15, 0.2) is 0 Å². The monoisotopic (exact) mass is 213 g/mol. The third-order valence-corrected chi connectivity index (χ3v) is 3.91. The Morgan fingerprint density at radius 3 is 2.20 bits per heavy atom. The molecule has 1 rings (SSSR count). The maximum atomic E-state index is 11.4. The van der Waals surface area contributed by atoms with Gasteiger partial charge in [0.15, 0.2) is 0 Å². The van der Waals surface area contributed by atoms with E-state index in [1.807, 2.05) is 13.8 Å². The number of likely N-dealkylation sites (tertiary alicyclic amines) is 1. The zero-order valence-corrected chi connectivity index (χ0v) is 10.3. The average Bonchev–Trinajstić information content (AvgIpc) is 2.16. The topological polar surface area (TPSA) is 40.5 Å². The van der Waals surface area contributed by atoms with Gasteiger partial charge < -0.3 is 5.11 Å². The predicted octanol–water partition coefficient (Wildman–Crippen LogP) is 2.50. The molecular formula is C12H23NO2. The van der Waals surface area contributed by atoms with E-state index in [0.717, 1.165) is 12.8 Å². The smallest absolute Gasteiger partial charge is 0.323 e. The van der Waals surface area contributed by atoms with Crippen LogP contribution in [-0.4, -0.2) is 33.6 Å². The van der Waals surface area contributed by atoms with Crippen LogP contribution < -0.4 is 0 Å². The number of rotatable bonds is 3. The molecule has 0 aromatic heterocycles. The van der Waals surface area contributed by atoms with E-state index in [2.05, 4.69) is 18.7 Å². The maximum Gasteiger partial charge on any atom is 0.323 e. The number of piperidine rings is 1. The van der Waals surface area contributed by atoms with Crippen LogP contribution in [0, 0.1) is 0 Å². The Balaban J connectivity index is 2.94. The molecule has 1 N–H and O–H groups in total. The third kappa shape index (κ3) is 2.17. The lowest BCUT2D eigenvalue weighted by atomic mass is 9.87. The van der Waals surface area contributed by atoms with Gasteiger partial charge in [0.25, 0.3) is 0 Å². The minimum absolute atomic E-state index is 0.384. The largest absolute Gasteiger partial charge is 0.480 e.